The van der Waals surface area contributed by atoms with Gasteiger partial charge in [-0.1, -0.05) is 18.2 Å². The molecule has 17 heavy (non-hydrogen) atoms. The van der Waals surface area contributed by atoms with Crippen LogP contribution in [0.5, 0.6) is 0 Å². The number of aliphatic hydroxyl groups is 1. The zero-order valence-electron chi connectivity index (χ0n) is 10.6. The van der Waals surface area contributed by atoms with Crippen molar-refractivity contribution in [2.24, 2.45) is 0 Å². The molecule has 0 aromatic heterocycles. The number of nitrogens with zero attached hydrogens (tertiary/aromatic N) is 1. The Morgan fingerprint density at radius 1 is 1.47 bits per heavy atom. The van der Waals surface area contributed by atoms with Crippen LogP contribution in [0.15, 0.2) is 24.3 Å². The number of carbonyl (C=O) groups is 1. The molecule has 1 aromatic rings. The van der Waals surface area contributed by atoms with Crippen molar-refractivity contribution in [2.45, 2.75) is 20.0 Å². The Morgan fingerprint density at radius 2 is 2.12 bits per heavy atom. The second kappa shape index (κ2) is 6.25. The number of hydrogen-bond donors (Lipinski definition) is 2. The highest BCUT2D eigenvalue weighted by Gasteiger charge is 2.12. The third-order valence-corrected chi connectivity index (χ3v) is 2.55. The maximum atomic E-state index is 11.5. The standard InChI is InChI=1S/C13H20N2O2/c1-4-14-13(17)9-15(3)12-8-6-5-7-11(12)10(2)16/h5-8,10,16H,4,9H2,1-3H3,(H,14,17)/t10-/m1/s1. The first-order chi connectivity index (χ1) is 8.06. The largest absolute Gasteiger partial charge is 0.389 e. The van der Waals surface area contributed by atoms with Gasteiger partial charge in [0.2, 0.25) is 5.91 Å². The highest BCUT2D eigenvalue weighted by molar-refractivity contribution is 5.81. The van der Waals surface area contributed by atoms with Crippen molar-refractivity contribution in [3.63, 3.8) is 0 Å². The van der Waals surface area contributed by atoms with E-state index in [0.717, 1.165) is 11.3 Å². The molecule has 1 amide bonds. The van der Waals surface area contributed by atoms with Crippen molar-refractivity contribution < 1.29 is 9.90 Å². The molecule has 0 aliphatic carbocycles. The number of benzene rings is 1. The number of para-hydroxylation sites is 1. The van der Waals surface area contributed by atoms with Crippen LogP contribution >= 0.6 is 0 Å². The first kappa shape index (κ1) is 13.5. The number of likely N-dealkylation sites (N-methyl/N-ethyl adjacent to an activating group) is 2. The molecule has 0 fully saturated rings. The lowest BCUT2D eigenvalue weighted by molar-refractivity contribution is -0.119. The number of nitrogens with one attached hydrogen (secondary N) is 1. The van der Waals surface area contributed by atoms with Crippen molar-refractivity contribution >= 4 is 11.6 Å². The summed E-state index contributed by atoms with van der Waals surface area (Å²) < 4.78 is 0. The van der Waals surface area contributed by atoms with Crippen LogP contribution in [-0.4, -0.2) is 31.2 Å². The van der Waals surface area contributed by atoms with Gasteiger partial charge in [-0.15, -0.1) is 0 Å². The summed E-state index contributed by atoms with van der Waals surface area (Å²) in [5.74, 6) is -0.0182. The van der Waals surface area contributed by atoms with Crippen LogP contribution in [-0.2, 0) is 4.79 Å². The summed E-state index contributed by atoms with van der Waals surface area (Å²) in [4.78, 5) is 13.3. The number of aliphatic hydroxyl groups excluding tert-OH is 1. The second-order valence-electron chi connectivity index (χ2n) is 4.04. The van der Waals surface area contributed by atoms with Gasteiger partial charge in [0, 0.05) is 24.8 Å². The third kappa shape index (κ3) is 3.75. The lowest BCUT2D eigenvalue weighted by atomic mass is 10.1. The molecule has 0 bridgehead atoms. The van der Waals surface area contributed by atoms with Crippen LogP contribution in [0.2, 0.25) is 0 Å². The molecule has 0 unspecified atom stereocenters. The predicted octanol–water partition coefficient (Wildman–Crippen LogP) is 1.31. The molecule has 4 nitrogen and oxygen atoms in total. The van der Waals surface area contributed by atoms with E-state index in [4.69, 9.17) is 0 Å². The molecular formula is C13H20N2O2. The van der Waals surface area contributed by atoms with Gasteiger partial charge in [0.1, 0.15) is 0 Å². The van der Waals surface area contributed by atoms with Gasteiger partial charge < -0.3 is 15.3 Å². The van der Waals surface area contributed by atoms with Crippen molar-refractivity contribution in [2.75, 3.05) is 25.0 Å². The Bertz CT molecular complexity index is 377. The lowest BCUT2D eigenvalue weighted by Gasteiger charge is -2.22. The maximum absolute atomic E-state index is 11.5. The van der Waals surface area contributed by atoms with Crippen LogP contribution in [0.3, 0.4) is 0 Å². The van der Waals surface area contributed by atoms with Crippen molar-refractivity contribution in [3.05, 3.63) is 29.8 Å². The van der Waals surface area contributed by atoms with Crippen molar-refractivity contribution in [1.82, 2.24) is 5.32 Å². The monoisotopic (exact) mass is 236 g/mol. The fourth-order valence-corrected chi connectivity index (χ4v) is 1.74. The van der Waals surface area contributed by atoms with Crippen LogP contribution in [0.25, 0.3) is 0 Å². The quantitative estimate of drug-likeness (QED) is 0.810. The van der Waals surface area contributed by atoms with E-state index in [1.54, 1.807) is 6.92 Å². The average Bonchev–Trinajstić information content (AvgIpc) is 2.29. The zero-order valence-corrected chi connectivity index (χ0v) is 10.6. The molecule has 0 saturated heterocycles. The molecule has 0 heterocycles. The van der Waals surface area contributed by atoms with Gasteiger partial charge in [-0.3, -0.25) is 4.79 Å². The minimum Gasteiger partial charge on any atom is -0.389 e. The Kier molecular flexibility index (Phi) is 4.97. The van der Waals surface area contributed by atoms with Gasteiger partial charge >= 0.3 is 0 Å². The number of amides is 1. The summed E-state index contributed by atoms with van der Waals surface area (Å²) in [5.41, 5.74) is 1.72. The number of anilines is 1. The summed E-state index contributed by atoms with van der Waals surface area (Å²) in [6, 6.07) is 7.55. The van der Waals surface area contributed by atoms with E-state index in [1.807, 2.05) is 43.1 Å². The fraction of sp³-hybridized carbons (Fsp3) is 0.462. The third-order valence-electron chi connectivity index (χ3n) is 2.55. The second-order valence-corrected chi connectivity index (χ2v) is 4.04. The van der Waals surface area contributed by atoms with E-state index in [1.165, 1.54) is 0 Å². The maximum Gasteiger partial charge on any atom is 0.239 e. The molecule has 0 aliphatic heterocycles. The van der Waals surface area contributed by atoms with E-state index in [2.05, 4.69) is 5.32 Å². The lowest BCUT2D eigenvalue weighted by Crippen LogP contribution is -2.35. The van der Waals surface area contributed by atoms with E-state index >= 15 is 0 Å². The van der Waals surface area contributed by atoms with Gasteiger partial charge in [-0.25, -0.2) is 0 Å². The minimum absolute atomic E-state index is 0.0182. The summed E-state index contributed by atoms with van der Waals surface area (Å²) in [6.45, 7) is 4.53. The molecule has 0 saturated carbocycles. The predicted molar refractivity (Wildman–Crippen MR) is 69.0 cm³/mol. The van der Waals surface area contributed by atoms with Crippen LogP contribution in [0.4, 0.5) is 5.69 Å². The molecule has 1 rings (SSSR count). The van der Waals surface area contributed by atoms with Crippen molar-refractivity contribution in [3.8, 4) is 0 Å². The van der Waals surface area contributed by atoms with Gasteiger partial charge in [0.05, 0.1) is 12.6 Å². The van der Waals surface area contributed by atoms with Gasteiger partial charge in [-0.05, 0) is 19.9 Å². The highest BCUT2D eigenvalue weighted by Crippen LogP contribution is 2.24. The normalized spacial score (nSPS) is 12.0. The molecule has 1 atom stereocenters. The van der Waals surface area contributed by atoms with Crippen LogP contribution in [0.1, 0.15) is 25.5 Å². The molecule has 4 heteroatoms. The number of carbonyl (C=O) groups excluding carboxylic acids is 1. The highest BCUT2D eigenvalue weighted by atomic mass is 16.3. The summed E-state index contributed by atoms with van der Waals surface area (Å²) in [5, 5.41) is 12.4. The SMILES string of the molecule is CCNC(=O)CN(C)c1ccccc1[C@@H](C)O. The molecule has 2 N–H and O–H groups in total. The Labute approximate surface area is 102 Å². The van der Waals surface area contributed by atoms with E-state index in [-0.39, 0.29) is 12.5 Å². The van der Waals surface area contributed by atoms with E-state index < -0.39 is 6.10 Å². The summed E-state index contributed by atoms with van der Waals surface area (Å²) >= 11 is 0. The Balaban J connectivity index is 2.81. The smallest absolute Gasteiger partial charge is 0.239 e. The van der Waals surface area contributed by atoms with Crippen LogP contribution < -0.4 is 10.2 Å². The van der Waals surface area contributed by atoms with Crippen molar-refractivity contribution in [1.29, 1.82) is 0 Å². The minimum atomic E-state index is -0.539. The first-order valence-electron chi connectivity index (χ1n) is 5.81. The molecule has 94 valence electrons. The zero-order chi connectivity index (χ0) is 12.8. The van der Waals surface area contributed by atoms with Crippen LogP contribution in [0, 0.1) is 0 Å². The molecule has 0 aliphatic rings. The molecule has 0 spiro atoms. The van der Waals surface area contributed by atoms with Gasteiger partial charge in [-0.2, -0.15) is 0 Å². The van der Waals surface area contributed by atoms with Gasteiger partial charge in [0.25, 0.3) is 0 Å². The topological polar surface area (TPSA) is 52.6 Å². The molecule has 0 radical (unpaired) electrons. The fourth-order valence-electron chi connectivity index (χ4n) is 1.74. The van der Waals surface area contributed by atoms with E-state index in [9.17, 15) is 9.90 Å². The summed E-state index contributed by atoms with van der Waals surface area (Å²) in [6.07, 6.45) is -0.539. The van der Waals surface area contributed by atoms with Gasteiger partial charge in [0.15, 0.2) is 0 Å². The number of rotatable bonds is 5. The molecule has 1 aromatic carbocycles. The number of hydrogen-bond acceptors (Lipinski definition) is 3. The Hall–Kier alpha value is -1.55. The first-order valence-corrected chi connectivity index (χ1v) is 5.81. The Morgan fingerprint density at radius 3 is 2.71 bits per heavy atom. The average molecular weight is 236 g/mol. The molecular weight excluding hydrogens is 216 g/mol. The van der Waals surface area contributed by atoms with E-state index in [0.29, 0.717) is 6.54 Å². The summed E-state index contributed by atoms with van der Waals surface area (Å²) in [7, 11) is 1.84.